The van der Waals surface area contributed by atoms with Gasteiger partial charge < -0.3 is 10.4 Å². The number of pyridine rings is 1. The Morgan fingerprint density at radius 1 is 1.10 bits per heavy atom. The highest BCUT2D eigenvalue weighted by Crippen LogP contribution is 2.39. The standard InChI is InChI=1S/C17H12Cl2F6N2O2/c1-15(29,17(23,24)25)7-26-14(28)12-5-4-10(16(20,21)22)13(27-12)9-3-2-8(18)6-11(9)19/h2-6,29H,7H2,1H3,(H,26,28)/t15-/m1/s1. The van der Waals surface area contributed by atoms with Gasteiger partial charge in [-0.15, -0.1) is 0 Å². The second-order valence-electron chi connectivity index (χ2n) is 6.17. The fraction of sp³-hybridized carbons (Fsp3) is 0.294. The van der Waals surface area contributed by atoms with Gasteiger partial charge in [0.2, 0.25) is 0 Å². The molecule has 0 bridgehead atoms. The Labute approximate surface area is 170 Å². The van der Waals surface area contributed by atoms with Crippen LogP contribution >= 0.6 is 23.2 Å². The molecule has 1 atom stereocenters. The number of alkyl halides is 6. The van der Waals surface area contributed by atoms with Crippen LogP contribution in [-0.4, -0.2) is 34.3 Å². The Kier molecular flexibility index (Phi) is 6.41. The number of hydrogen-bond donors (Lipinski definition) is 2. The molecule has 0 fully saturated rings. The first-order chi connectivity index (χ1) is 13.1. The van der Waals surface area contributed by atoms with Gasteiger partial charge in [-0.2, -0.15) is 26.3 Å². The number of aliphatic hydroxyl groups is 1. The van der Waals surface area contributed by atoms with Gasteiger partial charge in [0.15, 0.2) is 5.60 Å². The number of aromatic nitrogens is 1. The molecule has 1 aromatic carbocycles. The summed E-state index contributed by atoms with van der Waals surface area (Å²) in [5.41, 5.74) is -5.93. The zero-order valence-corrected chi connectivity index (χ0v) is 15.9. The van der Waals surface area contributed by atoms with Gasteiger partial charge in [-0.1, -0.05) is 23.2 Å². The van der Waals surface area contributed by atoms with Crippen LogP contribution in [0.3, 0.4) is 0 Å². The minimum atomic E-state index is -5.03. The summed E-state index contributed by atoms with van der Waals surface area (Å²) in [5.74, 6) is -1.21. The first-order valence-corrected chi connectivity index (χ1v) is 8.50. The number of carbonyl (C=O) groups is 1. The van der Waals surface area contributed by atoms with Crippen LogP contribution in [0, 0.1) is 0 Å². The van der Waals surface area contributed by atoms with E-state index >= 15 is 0 Å². The average Bonchev–Trinajstić information content (AvgIpc) is 2.57. The van der Waals surface area contributed by atoms with E-state index in [1.54, 1.807) is 5.32 Å². The van der Waals surface area contributed by atoms with E-state index in [0.29, 0.717) is 19.1 Å². The second kappa shape index (κ2) is 8.00. The Morgan fingerprint density at radius 2 is 1.72 bits per heavy atom. The molecule has 0 saturated heterocycles. The molecule has 0 radical (unpaired) electrons. The van der Waals surface area contributed by atoms with Crippen LogP contribution in [0.15, 0.2) is 30.3 Å². The molecule has 0 spiro atoms. The fourth-order valence-electron chi connectivity index (χ4n) is 2.14. The number of carbonyl (C=O) groups excluding carboxylic acids is 1. The molecule has 1 aromatic heterocycles. The largest absolute Gasteiger partial charge is 0.418 e. The van der Waals surface area contributed by atoms with E-state index in [2.05, 4.69) is 4.98 Å². The second-order valence-corrected chi connectivity index (χ2v) is 7.01. The van der Waals surface area contributed by atoms with Crippen molar-refractivity contribution in [3.05, 3.63) is 51.6 Å². The number of nitrogens with zero attached hydrogens (tertiary/aromatic N) is 1. The highest BCUT2D eigenvalue weighted by Gasteiger charge is 2.50. The van der Waals surface area contributed by atoms with Crippen molar-refractivity contribution in [2.45, 2.75) is 24.9 Å². The van der Waals surface area contributed by atoms with Gasteiger partial charge in [0.25, 0.3) is 5.91 Å². The first-order valence-electron chi connectivity index (χ1n) is 7.74. The van der Waals surface area contributed by atoms with Gasteiger partial charge in [-0.05, 0) is 37.3 Å². The number of rotatable bonds is 4. The first kappa shape index (κ1) is 23.2. The maximum Gasteiger partial charge on any atom is 0.418 e. The molecule has 1 amide bonds. The number of benzene rings is 1. The maximum atomic E-state index is 13.3. The third kappa shape index (κ3) is 5.31. The smallest absolute Gasteiger partial charge is 0.379 e. The summed E-state index contributed by atoms with van der Waals surface area (Å²) in [7, 11) is 0. The number of nitrogens with one attached hydrogen (secondary N) is 1. The summed E-state index contributed by atoms with van der Waals surface area (Å²) in [6.45, 7) is -0.790. The van der Waals surface area contributed by atoms with Crippen LogP contribution in [-0.2, 0) is 6.18 Å². The molecule has 0 aliphatic carbocycles. The topological polar surface area (TPSA) is 62.2 Å². The molecule has 29 heavy (non-hydrogen) atoms. The normalized spacial score (nSPS) is 14.4. The van der Waals surface area contributed by atoms with Gasteiger partial charge in [-0.25, -0.2) is 4.98 Å². The third-order valence-electron chi connectivity index (χ3n) is 3.82. The molecule has 0 unspecified atom stereocenters. The summed E-state index contributed by atoms with van der Waals surface area (Å²) in [6, 6.07) is 4.86. The minimum Gasteiger partial charge on any atom is -0.379 e. The van der Waals surface area contributed by atoms with Gasteiger partial charge in [0.05, 0.1) is 22.8 Å². The lowest BCUT2D eigenvalue weighted by atomic mass is 10.0. The lowest BCUT2D eigenvalue weighted by molar-refractivity contribution is -0.249. The average molecular weight is 461 g/mol. The molecule has 158 valence electrons. The van der Waals surface area contributed by atoms with E-state index in [1.165, 1.54) is 18.2 Å². The minimum absolute atomic E-state index is 0.149. The van der Waals surface area contributed by atoms with Crippen molar-refractivity contribution in [2.75, 3.05) is 6.54 Å². The SMILES string of the molecule is C[C@@](O)(CNC(=O)c1ccc(C(F)(F)F)c(-c2ccc(Cl)cc2Cl)n1)C(F)(F)F. The predicted molar refractivity (Wildman–Crippen MR) is 93.7 cm³/mol. The van der Waals surface area contributed by atoms with Crippen LogP contribution in [0.2, 0.25) is 10.0 Å². The zero-order valence-electron chi connectivity index (χ0n) is 14.4. The molecule has 0 saturated carbocycles. The van der Waals surface area contributed by atoms with E-state index in [0.717, 1.165) is 0 Å². The van der Waals surface area contributed by atoms with E-state index in [4.69, 9.17) is 23.2 Å². The highest BCUT2D eigenvalue weighted by molar-refractivity contribution is 6.36. The Balaban J connectivity index is 2.44. The monoisotopic (exact) mass is 460 g/mol. The number of halogens is 8. The molecule has 4 nitrogen and oxygen atoms in total. The molecular formula is C17H12Cl2F6N2O2. The number of hydrogen-bond acceptors (Lipinski definition) is 3. The van der Waals surface area contributed by atoms with Crippen LogP contribution in [0.1, 0.15) is 23.0 Å². The fourth-order valence-corrected chi connectivity index (χ4v) is 2.64. The molecule has 12 heteroatoms. The van der Waals surface area contributed by atoms with Crippen LogP contribution in [0.5, 0.6) is 0 Å². The lowest BCUT2D eigenvalue weighted by Gasteiger charge is -2.26. The van der Waals surface area contributed by atoms with Gasteiger partial charge in [0.1, 0.15) is 5.69 Å². The summed E-state index contributed by atoms with van der Waals surface area (Å²) in [6.07, 6.45) is -9.88. The van der Waals surface area contributed by atoms with E-state index in [1.807, 2.05) is 0 Å². The van der Waals surface area contributed by atoms with Crippen LogP contribution in [0.4, 0.5) is 26.3 Å². The van der Waals surface area contributed by atoms with Crippen molar-refractivity contribution in [2.24, 2.45) is 0 Å². The van der Waals surface area contributed by atoms with E-state index in [-0.39, 0.29) is 15.6 Å². The number of amides is 1. The molecule has 0 aliphatic heterocycles. The Morgan fingerprint density at radius 3 is 2.24 bits per heavy atom. The summed E-state index contributed by atoms with van der Waals surface area (Å²) >= 11 is 11.7. The quantitative estimate of drug-likeness (QED) is 0.622. The van der Waals surface area contributed by atoms with Crippen molar-refractivity contribution in [1.82, 2.24) is 10.3 Å². The molecular weight excluding hydrogens is 449 g/mol. The van der Waals surface area contributed by atoms with Crippen molar-refractivity contribution >= 4 is 29.1 Å². The Bertz CT molecular complexity index is 929. The van der Waals surface area contributed by atoms with Gasteiger partial charge in [0, 0.05) is 10.6 Å². The predicted octanol–water partition coefficient (Wildman–Crippen LogP) is 5.12. The van der Waals surface area contributed by atoms with Crippen LogP contribution in [0.25, 0.3) is 11.3 Å². The van der Waals surface area contributed by atoms with Crippen molar-refractivity contribution in [3.8, 4) is 11.3 Å². The zero-order chi connectivity index (χ0) is 22.2. The molecule has 2 rings (SSSR count). The maximum absolute atomic E-state index is 13.3. The molecule has 2 N–H and O–H groups in total. The molecule has 1 heterocycles. The van der Waals surface area contributed by atoms with Crippen LogP contribution < -0.4 is 5.32 Å². The highest BCUT2D eigenvalue weighted by atomic mass is 35.5. The van der Waals surface area contributed by atoms with Gasteiger partial charge in [-0.3, -0.25) is 4.79 Å². The van der Waals surface area contributed by atoms with E-state index < -0.39 is 47.4 Å². The summed E-state index contributed by atoms with van der Waals surface area (Å²) < 4.78 is 78.0. The van der Waals surface area contributed by atoms with Crippen molar-refractivity contribution in [3.63, 3.8) is 0 Å². The van der Waals surface area contributed by atoms with Crippen molar-refractivity contribution in [1.29, 1.82) is 0 Å². The summed E-state index contributed by atoms with van der Waals surface area (Å²) in [5, 5.41) is 11.1. The van der Waals surface area contributed by atoms with Crippen molar-refractivity contribution < 1.29 is 36.2 Å². The summed E-state index contributed by atoms with van der Waals surface area (Å²) in [4.78, 5) is 15.8. The lowest BCUT2D eigenvalue weighted by Crippen LogP contribution is -2.51. The Hall–Kier alpha value is -2.04. The third-order valence-corrected chi connectivity index (χ3v) is 4.37. The molecule has 2 aromatic rings. The van der Waals surface area contributed by atoms with E-state index in [9.17, 15) is 36.2 Å². The van der Waals surface area contributed by atoms with Gasteiger partial charge >= 0.3 is 12.4 Å². The molecule has 0 aliphatic rings.